The van der Waals surface area contributed by atoms with Gasteiger partial charge in [-0.05, 0) is 6.07 Å². The number of thioether (sulfide) groups is 1. The number of rotatable bonds is 6. The van der Waals surface area contributed by atoms with Crippen molar-refractivity contribution in [3.63, 3.8) is 0 Å². The molecule has 3 aromatic rings. The molecule has 0 spiro atoms. The Hall–Kier alpha value is -2.11. The number of pyridine rings is 1. The molecule has 0 bridgehead atoms. The summed E-state index contributed by atoms with van der Waals surface area (Å²) in [6.07, 6.45) is 2.09. The van der Waals surface area contributed by atoms with E-state index in [9.17, 15) is 10.2 Å². The number of aliphatic hydroxyl groups is 2. The fourth-order valence-corrected chi connectivity index (χ4v) is 5.36. The van der Waals surface area contributed by atoms with Gasteiger partial charge in [0.05, 0.1) is 18.4 Å². The lowest BCUT2D eigenvalue weighted by molar-refractivity contribution is -0.186. The quantitative estimate of drug-likeness (QED) is 0.536. The summed E-state index contributed by atoms with van der Waals surface area (Å²) < 4.78 is 13.1. The van der Waals surface area contributed by atoms with E-state index in [0.29, 0.717) is 26.3 Å². The van der Waals surface area contributed by atoms with Gasteiger partial charge in [-0.3, -0.25) is 4.98 Å². The molecule has 3 aromatic heterocycles. The van der Waals surface area contributed by atoms with Crippen molar-refractivity contribution < 1.29 is 19.7 Å². The number of methoxy groups -OCH3 is 1. The van der Waals surface area contributed by atoms with E-state index in [1.165, 1.54) is 41.1 Å². The van der Waals surface area contributed by atoms with Crippen LogP contribution >= 0.6 is 34.7 Å². The largest absolute Gasteiger partial charge is 0.394 e. The van der Waals surface area contributed by atoms with Crippen LogP contribution in [0.4, 0.5) is 0 Å². The first-order chi connectivity index (χ1) is 15.0. The minimum atomic E-state index is -1.11. The van der Waals surface area contributed by atoms with Gasteiger partial charge in [-0.25, -0.2) is 9.67 Å². The highest BCUT2D eigenvalue weighted by Gasteiger charge is 2.47. The van der Waals surface area contributed by atoms with Crippen molar-refractivity contribution in [2.75, 3.05) is 13.7 Å². The minimum Gasteiger partial charge on any atom is -0.394 e. The topological polar surface area (TPSA) is 139 Å². The monoisotopic (exact) mass is 480 g/mol. The second-order valence-electron chi connectivity index (χ2n) is 6.61. The van der Waals surface area contributed by atoms with E-state index in [4.69, 9.17) is 26.3 Å². The van der Waals surface area contributed by atoms with Gasteiger partial charge in [-0.2, -0.15) is 5.26 Å². The van der Waals surface area contributed by atoms with Crippen LogP contribution in [0.15, 0.2) is 34.9 Å². The van der Waals surface area contributed by atoms with Crippen LogP contribution in [0, 0.1) is 11.3 Å². The molecule has 1 aliphatic heterocycles. The third-order valence-corrected chi connectivity index (χ3v) is 7.00. The fraction of sp³-hybridized carbons (Fsp3) is 0.389. The van der Waals surface area contributed by atoms with Gasteiger partial charge in [0.1, 0.15) is 51.7 Å². The second kappa shape index (κ2) is 9.58. The zero-order chi connectivity index (χ0) is 22.0. The minimum absolute atomic E-state index is 0.362. The van der Waals surface area contributed by atoms with Gasteiger partial charge in [0, 0.05) is 29.8 Å². The van der Waals surface area contributed by atoms with E-state index >= 15 is 0 Å². The Morgan fingerprint density at radius 1 is 1.45 bits per heavy atom. The average Bonchev–Trinajstić information content (AvgIpc) is 3.43. The third-order valence-electron chi connectivity index (χ3n) is 4.70. The van der Waals surface area contributed by atoms with E-state index in [1.54, 1.807) is 23.8 Å². The summed E-state index contributed by atoms with van der Waals surface area (Å²) in [4.78, 5) is 8.94. The fourth-order valence-electron chi connectivity index (χ4n) is 3.28. The van der Waals surface area contributed by atoms with Crippen LogP contribution in [0.25, 0.3) is 10.7 Å². The summed E-state index contributed by atoms with van der Waals surface area (Å²) in [5.74, 6) is 0. The molecule has 5 atom stereocenters. The maximum atomic E-state index is 10.9. The molecule has 5 unspecified atom stereocenters. The first-order valence-electron chi connectivity index (χ1n) is 9.06. The van der Waals surface area contributed by atoms with Crippen molar-refractivity contribution in [2.45, 2.75) is 34.7 Å². The van der Waals surface area contributed by atoms with Crippen LogP contribution in [-0.4, -0.2) is 72.6 Å². The van der Waals surface area contributed by atoms with Crippen molar-refractivity contribution in [3.8, 4) is 16.8 Å². The summed E-state index contributed by atoms with van der Waals surface area (Å²) >= 11 is 8.51. The first kappa shape index (κ1) is 22.1. The van der Waals surface area contributed by atoms with E-state index < -0.39 is 36.4 Å². The molecule has 1 aliphatic rings. The Morgan fingerprint density at radius 3 is 2.97 bits per heavy atom. The van der Waals surface area contributed by atoms with Gasteiger partial charge < -0.3 is 19.7 Å². The maximum Gasteiger partial charge on any atom is 0.147 e. The van der Waals surface area contributed by atoms with Crippen molar-refractivity contribution in [1.82, 2.24) is 25.0 Å². The number of hydrogen-bond donors (Lipinski definition) is 2. The third kappa shape index (κ3) is 4.58. The molecule has 1 fully saturated rings. The molecule has 0 saturated carbocycles. The van der Waals surface area contributed by atoms with Crippen molar-refractivity contribution in [2.24, 2.45) is 0 Å². The molecular weight excluding hydrogens is 464 g/mol. The highest BCUT2D eigenvalue weighted by molar-refractivity contribution is 7.99. The number of aromatic nitrogens is 5. The highest BCUT2D eigenvalue weighted by Crippen LogP contribution is 2.39. The number of nitriles is 1. The number of ether oxygens (including phenoxy) is 2. The molecule has 0 aliphatic carbocycles. The van der Waals surface area contributed by atoms with Gasteiger partial charge in [-0.15, -0.1) is 16.4 Å². The lowest BCUT2D eigenvalue weighted by Crippen LogP contribution is -2.55. The normalized spacial score (nSPS) is 26.0. The molecule has 13 heteroatoms. The average molecular weight is 481 g/mol. The Morgan fingerprint density at radius 2 is 2.29 bits per heavy atom. The number of aliphatic hydroxyl groups excluding tert-OH is 2. The lowest BCUT2D eigenvalue weighted by Gasteiger charge is -2.43. The molecule has 31 heavy (non-hydrogen) atoms. The highest BCUT2D eigenvalue weighted by atomic mass is 35.5. The van der Waals surface area contributed by atoms with Gasteiger partial charge in [0.15, 0.2) is 0 Å². The molecule has 4 rings (SSSR count). The number of halogens is 1. The molecular formula is C18H17ClN6O4S2. The van der Waals surface area contributed by atoms with Crippen LogP contribution in [-0.2, 0) is 9.47 Å². The van der Waals surface area contributed by atoms with Gasteiger partial charge >= 0.3 is 0 Å². The van der Waals surface area contributed by atoms with Crippen LogP contribution in [0.2, 0.25) is 5.15 Å². The molecule has 0 radical (unpaired) electrons. The maximum absolute atomic E-state index is 10.9. The number of hydrogen-bond acceptors (Lipinski definition) is 11. The van der Waals surface area contributed by atoms with Crippen molar-refractivity contribution in [1.29, 1.82) is 5.26 Å². The Balaban J connectivity index is 1.65. The van der Waals surface area contributed by atoms with Gasteiger partial charge in [0.25, 0.3) is 0 Å². The van der Waals surface area contributed by atoms with Crippen LogP contribution in [0.1, 0.15) is 11.6 Å². The van der Waals surface area contributed by atoms with E-state index in [2.05, 4.69) is 20.3 Å². The molecule has 2 N–H and O–H groups in total. The van der Waals surface area contributed by atoms with Crippen LogP contribution in [0.3, 0.4) is 0 Å². The molecule has 162 valence electrons. The number of thiazole rings is 1. The molecule has 0 aromatic carbocycles. The molecule has 0 amide bonds. The van der Waals surface area contributed by atoms with Crippen molar-refractivity contribution in [3.05, 3.63) is 40.8 Å². The second-order valence-corrected chi connectivity index (χ2v) is 9.02. The summed E-state index contributed by atoms with van der Waals surface area (Å²) in [5, 5.41) is 40.7. The molecule has 4 heterocycles. The summed E-state index contributed by atoms with van der Waals surface area (Å²) in [7, 11) is 1.50. The van der Waals surface area contributed by atoms with Crippen molar-refractivity contribution >= 4 is 34.7 Å². The van der Waals surface area contributed by atoms with Crippen LogP contribution in [0.5, 0.6) is 0 Å². The summed E-state index contributed by atoms with van der Waals surface area (Å²) in [6.45, 7) is -0.398. The van der Waals surface area contributed by atoms with E-state index in [1.807, 2.05) is 6.07 Å². The first-order valence-corrected chi connectivity index (χ1v) is 11.2. The summed E-state index contributed by atoms with van der Waals surface area (Å²) in [6, 6.07) is 3.03. The molecule has 10 nitrogen and oxygen atoms in total. The van der Waals surface area contributed by atoms with E-state index in [0.717, 1.165) is 0 Å². The lowest BCUT2D eigenvalue weighted by atomic mass is 9.97. The Kier molecular flexibility index (Phi) is 6.83. The van der Waals surface area contributed by atoms with Crippen LogP contribution < -0.4 is 0 Å². The van der Waals surface area contributed by atoms with Gasteiger partial charge in [0.2, 0.25) is 0 Å². The predicted molar refractivity (Wildman–Crippen MR) is 113 cm³/mol. The smallest absolute Gasteiger partial charge is 0.147 e. The Bertz CT molecular complexity index is 1090. The van der Waals surface area contributed by atoms with E-state index in [-0.39, 0.29) is 0 Å². The summed E-state index contributed by atoms with van der Waals surface area (Å²) in [5.41, 5.74) is 0.294. The number of nitrogens with zero attached hydrogens (tertiary/aromatic N) is 6. The zero-order valence-corrected chi connectivity index (χ0v) is 18.5. The standard InChI is InChI=1S/C18H17ClN6O4S2/c1-28-16-14(25-6-11(23-24-25)17-22-13(19)8-30-17)15(27)12(7-26)29-18(16)31-10-2-9(3-20)4-21-5-10/h2,4-6,8,12,14-16,18,26-27H,7H2,1H3. The Labute approximate surface area is 190 Å². The zero-order valence-electron chi connectivity index (χ0n) is 16.1. The predicted octanol–water partition coefficient (Wildman–Crippen LogP) is 1.75. The SMILES string of the molecule is COC1C(Sc2cncc(C#N)c2)OC(CO)C(O)C1n1cc(-c2nc(Cl)cs2)nn1. The molecule has 1 saturated heterocycles. The van der Waals surface area contributed by atoms with Gasteiger partial charge in [-0.1, -0.05) is 28.6 Å².